The van der Waals surface area contributed by atoms with Gasteiger partial charge in [0, 0.05) is 23.5 Å². The summed E-state index contributed by atoms with van der Waals surface area (Å²) in [6.07, 6.45) is -7.14. The minimum atomic E-state index is -4.68. The second-order valence-electron chi connectivity index (χ2n) is 3.80. The Morgan fingerprint density at radius 3 is 2.61 bits per heavy atom. The van der Waals surface area contributed by atoms with Crippen LogP contribution in [0.25, 0.3) is 0 Å². The Kier molecular flexibility index (Phi) is 4.18. The maximum atomic E-state index is 12.1. The summed E-state index contributed by atoms with van der Waals surface area (Å²) in [6.45, 7) is 0.616. The van der Waals surface area contributed by atoms with Gasteiger partial charge in [0.05, 0.1) is 0 Å². The van der Waals surface area contributed by atoms with Gasteiger partial charge in [0.15, 0.2) is 11.9 Å². The van der Waals surface area contributed by atoms with Crippen LogP contribution in [-0.4, -0.2) is 29.7 Å². The average molecular weight is 262 g/mol. The van der Waals surface area contributed by atoms with Crippen molar-refractivity contribution in [3.8, 4) is 0 Å². The van der Waals surface area contributed by atoms with Gasteiger partial charge in [-0.2, -0.15) is 13.2 Å². The summed E-state index contributed by atoms with van der Waals surface area (Å²) in [7, 11) is 0. The molecular weight excluding hydrogens is 249 g/mol. The van der Waals surface area contributed by atoms with Gasteiger partial charge in [0.2, 0.25) is 0 Å². The highest BCUT2D eigenvalue weighted by atomic mass is 19.4. The third-order valence-corrected chi connectivity index (χ3v) is 2.31. The second-order valence-corrected chi connectivity index (χ2v) is 3.80. The number of halogens is 3. The van der Waals surface area contributed by atoms with Crippen LogP contribution >= 0.6 is 0 Å². The molecule has 0 aliphatic heterocycles. The maximum absolute atomic E-state index is 12.1. The fraction of sp³-hybridized carbons (Fsp3) is 0.364. The van der Waals surface area contributed by atoms with Gasteiger partial charge < -0.3 is 16.2 Å². The van der Waals surface area contributed by atoms with Crippen LogP contribution in [-0.2, 0) is 0 Å². The molecule has 100 valence electrons. The molecule has 0 amide bonds. The van der Waals surface area contributed by atoms with Crippen molar-refractivity contribution < 1.29 is 23.1 Å². The highest BCUT2D eigenvalue weighted by molar-refractivity contribution is 5.99. The molecule has 0 bridgehead atoms. The number of carbonyl (C=O) groups is 1. The molecule has 0 aromatic heterocycles. The van der Waals surface area contributed by atoms with Crippen LogP contribution in [0.15, 0.2) is 18.2 Å². The van der Waals surface area contributed by atoms with Gasteiger partial charge in [0.25, 0.3) is 0 Å². The summed E-state index contributed by atoms with van der Waals surface area (Å²) in [5.41, 5.74) is 6.30. The van der Waals surface area contributed by atoms with E-state index in [1.54, 1.807) is 0 Å². The molecule has 0 heterocycles. The minimum Gasteiger partial charge on any atom is -0.398 e. The van der Waals surface area contributed by atoms with Gasteiger partial charge >= 0.3 is 6.18 Å². The molecule has 0 aliphatic rings. The van der Waals surface area contributed by atoms with Crippen molar-refractivity contribution in [2.45, 2.75) is 19.2 Å². The number of ketones is 1. The molecule has 0 aliphatic carbocycles. The zero-order chi connectivity index (χ0) is 13.9. The number of hydrogen-bond donors (Lipinski definition) is 3. The number of rotatable bonds is 4. The molecule has 0 saturated carbocycles. The molecule has 0 radical (unpaired) electrons. The number of anilines is 2. The zero-order valence-electron chi connectivity index (χ0n) is 9.58. The third-order valence-electron chi connectivity index (χ3n) is 2.31. The second kappa shape index (κ2) is 5.26. The molecule has 1 atom stereocenters. The predicted molar refractivity (Wildman–Crippen MR) is 61.4 cm³/mol. The molecule has 4 nitrogen and oxygen atoms in total. The maximum Gasteiger partial charge on any atom is 0.416 e. The van der Waals surface area contributed by atoms with Crippen LogP contribution < -0.4 is 11.1 Å². The third kappa shape index (κ3) is 3.63. The lowest BCUT2D eigenvalue weighted by Crippen LogP contribution is -2.35. The first-order valence-electron chi connectivity index (χ1n) is 5.11. The molecule has 1 aromatic carbocycles. The van der Waals surface area contributed by atoms with E-state index in [4.69, 9.17) is 10.8 Å². The summed E-state index contributed by atoms with van der Waals surface area (Å²) in [5, 5.41) is 11.2. The standard InChI is InChI=1S/C11H13F3N2O2/c1-6(17)8-4-7(2-3-9(8)15)16-5-10(18)11(12,13)14/h2-4,10,16,18H,5,15H2,1H3. The monoisotopic (exact) mass is 262 g/mol. The SMILES string of the molecule is CC(=O)c1cc(NCC(O)C(F)(F)F)ccc1N. The number of hydrogen-bond acceptors (Lipinski definition) is 4. The number of aliphatic hydroxyl groups excluding tert-OH is 1. The van der Waals surface area contributed by atoms with Gasteiger partial charge in [-0.05, 0) is 25.1 Å². The first kappa shape index (κ1) is 14.3. The number of nitrogens with one attached hydrogen (secondary N) is 1. The summed E-state index contributed by atoms with van der Waals surface area (Å²) in [5.74, 6) is -0.285. The fourth-order valence-corrected chi connectivity index (χ4v) is 1.30. The number of nitrogen functional groups attached to an aromatic ring is 1. The van der Waals surface area contributed by atoms with Crippen molar-refractivity contribution in [1.29, 1.82) is 0 Å². The van der Waals surface area contributed by atoms with Gasteiger partial charge in [0.1, 0.15) is 0 Å². The molecule has 1 aromatic rings. The van der Waals surface area contributed by atoms with Crippen LogP contribution in [0.1, 0.15) is 17.3 Å². The summed E-state index contributed by atoms with van der Waals surface area (Å²) >= 11 is 0. The molecule has 7 heteroatoms. The van der Waals surface area contributed by atoms with Crippen molar-refractivity contribution in [3.05, 3.63) is 23.8 Å². The Hall–Kier alpha value is -1.76. The van der Waals surface area contributed by atoms with E-state index in [9.17, 15) is 18.0 Å². The smallest absolute Gasteiger partial charge is 0.398 e. The fourth-order valence-electron chi connectivity index (χ4n) is 1.30. The Bertz CT molecular complexity index is 446. The Morgan fingerprint density at radius 1 is 1.50 bits per heavy atom. The van der Waals surface area contributed by atoms with E-state index in [-0.39, 0.29) is 22.7 Å². The normalized spacial score (nSPS) is 13.2. The molecule has 0 fully saturated rings. The molecule has 1 rings (SSSR count). The number of Topliss-reactive ketones (excluding diaryl/α,β-unsaturated/α-hetero) is 1. The molecule has 4 N–H and O–H groups in total. The quantitative estimate of drug-likeness (QED) is 0.571. The number of carbonyl (C=O) groups excluding carboxylic acids is 1. The van der Waals surface area contributed by atoms with Crippen molar-refractivity contribution >= 4 is 17.2 Å². The minimum absolute atomic E-state index is 0.224. The number of aliphatic hydroxyl groups is 1. The number of nitrogens with two attached hydrogens (primary N) is 1. The van der Waals surface area contributed by atoms with Gasteiger partial charge in [-0.15, -0.1) is 0 Å². The van der Waals surface area contributed by atoms with Crippen LogP contribution in [0.2, 0.25) is 0 Å². The van der Waals surface area contributed by atoms with Crippen molar-refractivity contribution in [2.24, 2.45) is 0 Å². The summed E-state index contributed by atoms with van der Waals surface area (Å²) in [6, 6.07) is 4.20. The van der Waals surface area contributed by atoms with Crippen LogP contribution in [0.3, 0.4) is 0 Å². The van der Waals surface area contributed by atoms with Crippen LogP contribution in [0, 0.1) is 0 Å². The predicted octanol–water partition coefficient (Wildman–Crippen LogP) is 1.81. The lowest BCUT2D eigenvalue weighted by atomic mass is 10.1. The Balaban J connectivity index is 2.75. The van der Waals surface area contributed by atoms with Gasteiger partial charge in [-0.3, -0.25) is 4.79 Å². The van der Waals surface area contributed by atoms with E-state index in [1.165, 1.54) is 25.1 Å². The highest BCUT2D eigenvalue weighted by Gasteiger charge is 2.37. The van der Waals surface area contributed by atoms with Gasteiger partial charge in [-0.1, -0.05) is 0 Å². The number of alkyl halides is 3. The molecule has 0 saturated heterocycles. The molecule has 0 spiro atoms. The lowest BCUT2D eigenvalue weighted by Gasteiger charge is -2.16. The van der Waals surface area contributed by atoms with Crippen LogP contribution in [0.5, 0.6) is 0 Å². The van der Waals surface area contributed by atoms with Crippen molar-refractivity contribution in [3.63, 3.8) is 0 Å². The lowest BCUT2D eigenvalue weighted by molar-refractivity contribution is -0.198. The zero-order valence-corrected chi connectivity index (χ0v) is 9.58. The highest BCUT2D eigenvalue weighted by Crippen LogP contribution is 2.22. The average Bonchev–Trinajstić information content (AvgIpc) is 2.25. The topological polar surface area (TPSA) is 75.3 Å². The van der Waals surface area contributed by atoms with E-state index >= 15 is 0 Å². The van der Waals surface area contributed by atoms with Crippen molar-refractivity contribution in [2.75, 3.05) is 17.6 Å². The van der Waals surface area contributed by atoms with E-state index < -0.39 is 18.8 Å². The molecule has 1 unspecified atom stereocenters. The first-order chi connectivity index (χ1) is 8.21. The van der Waals surface area contributed by atoms with E-state index in [1.807, 2.05) is 0 Å². The van der Waals surface area contributed by atoms with Gasteiger partial charge in [-0.25, -0.2) is 0 Å². The van der Waals surface area contributed by atoms with E-state index in [2.05, 4.69) is 5.32 Å². The Labute approximate surface area is 102 Å². The molecular formula is C11H13F3N2O2. The molecule has 18 heavy (non-hydrogen) atoms. The summed E-state index contributed by atoms with van der Waals surface area (Å²) in [4.78, 5) is 11.2. The number of benzene rings is 1. The first-order valence-corrected chi connectivity index (χ1v) is 5.11. The van der Waals surface area contributed by atoms with Crippen molar-refractivity contribution in [1.82, 2.24) is 0 Å². The Morgan fingerprint density at radius 2 is 2.11 bits per heavy atom. The van der Waals surface area contributed by atoms with E-state index in [0.717, 1.165) is 0 Å². The summed E-state index contributed by atoms with van der Waals surface area (Å²) < 4.78 is 36.2. The van der Waals surface area contributed by atoms with E-state index in [0.29, 0.717) is 0 Å². The largest absolute Gasteiger partial charge is 0.416 e. The van der Waals surface area contributed by atoms with Crippen LogP contribution in [0.4, 0.5) is 24.5 Å².